The van der Waals surface area contributed by atoms with E-state index in [4.69, 9.17) is 0 Å². The molecule has 0 saturated heterocycles. The second-order valence-electron chi connectivity index (χ2n) is 6.91. The average Bonchev–Trinajstić information content (AvgIpc) is 2.87. The van der Waals surface area contributed by atoms with Gasteiger partial charge in [0.2, 0.25) is 0 Å². The van der Waals surface area contributed by atoms with Crippen LogP contribution >= 0.6 is 0 Å². The van der Waals surface area contributed by atoms with Crippen molar-refractivity contribution in [2.45, 2.75) is 37.6 Å². The number of hydrogen-bond donors (Lipinski definition) is 0. The van der Waals surface area contributed by atoms with E-state index in [0.717, 1.165) is 17.7 Å². The maximum atomic E-state index is 13.2. The van der Waals surface area contributed by atoms with Gasteiger partial charge in [0.05, 0.1) is 0 Å². The second-order valence-corrected chi connectivity index (χ2v) is 6.91. The highest BCUT2D eigenvalue weighted by Crippen LogP contribution is 2.56. The first kappa shape index (κ1) is 15.2. The lowest BCUT2D eigenvalue weighted by molar-refractivity contribution is 0.0930. The molecule has 2 aliphatic rings. The smallest absolute Gasteiger partial charge is 0.258 e. The number of nitrogens with zero attached hydrogens (tertiary/aromatic N) is 1. The molecule has 1 fully saturated rings. The second kappa shape index (κ2) is 6.27. The van der Waals surface area contributed by atoms with Gasteiger partial charge in [0.25, 0.3) is 5.91 Å². The van der Waals surface area contributed by atoms with Gasteiger partial charge < -0.3 is 4.90 Å². The number of allylic oxidation sites excluding steroid dienone is 1. The minimum absolute atomic E-state index is 0.143. The number of rotatable bonds is 5. The highest BCUT2D eigenvalue weighted by atomic mass is 16.2. The van der Waals surface area contributed by atoms with Crippen LogP contribution in [-0.2, 0) is 0 Å². The molecule has 0 radical (unpaired) electrons. The predicted molar refractivity (Wildman–Crippen MR) is 98.4 cm³/mol. The standard InChI is InChI=1S/C22H23NO/c1-2-3-5-12-17-15-19-18-13-8-9-14-20(18)23(21(17)19)22(24)16-10-6-4-7-11-16/h2,4,6-11,13-14,17,19,21H,1,3,5,12,15H2. The van der Waals surface area contributed by atoms with Crippen molar-refractivity contribution in [3.05, 3.63) is 78.4 Å². The third-order valence-electron chi connectivity index (χ3n) is 5.57. The van der Waals surface area contributed by atoms with E-state index in [-0.39, 0.29) is 5.91 Å². The zero-order valence-corrected chi connectivity index (χ0v) is 13.9. The van der Waals surface area contributed by atoms with E-state index < -0.39 is 0 Å². The summed E-state index contributed by atoms with van der Waals surface area (Å²) in [5.41, 5.74) is 3.25. The zero-order valence-electron chi connectivity index (χ0n) is 13.9. The number of anilines is 1. The van der Waals surface area contributed by atoms with E-state index in [1.54, 1.807) is 0 Å². The molecule has 0 spiro atoms. The van der Waals surface area contributed by atoms with Crippen molar-refractivity contribution >= 4 is 11.6 Å². The maximum Gasteiger partial charge on any atom is 0.258 e. The Balaban J connectivity index is 1.64. The lowest BCUT2D eigenvalue weighted by Crippen LogP contribution is -2.50. The molecule has 24 heavy (non-hydrogen) atoms. The number of amides is 1. The fraction of sp³-hybridized carbons (Fsp3) is 0.318. The van der Waals surface area contributed by atoms with Gasteiger partial charge in [-0.15, -0.1) is 6.58 Å². The summed E-state index contributed by atoms with van der Waals surface area (Å²) in [5, 5.41) is 0. The summed E-state index contributed by atoms with van der Waals surface area (Å²) in [6.45, 7) is 3.82. The molecule has 4 rings (SSSR count). The summed E-state index contributed by atoms with van der Waals surface area (Å²) < 4.78 is 0. The van der Waals surface area contributed by atoms with Gasteiger partial charge in [0, 0.05) is 23.2 Å². The van der Waals surface area contributed by atoms with Gasteiger partial charge in [0.1, 0.15) is 0 Å². The molecule has 1 heterocycles. The quantitative estimate of drug-likeness (QED) is 0.550. The van der Waals surface area contributed by atoms with Crippen LogP contribution < -0.4 is 4.90 Å². The Morgan fingerprint density at radius 2 is 1.88 bits per heavy atom. The number of hydrogen-bond acceptors (Lipinski definition) is 1. The molecular formula is C22H23NO. The fourth-order valence-electron chi connectivity index (χ4n) is 4.40. The molecule has 1 aliphatic carbocycles. The molecule has 2 heteroatoms. The van der Waals surface area contributed by atoms with Crippen LogP contribution in [0.3, 0.4) is 0 Å². The first-order valence-electron chi connectivity index (χ1n) is 8.89. The molecule has 2 aromatic carbocycles. The molecule has 2 aromatic rings. The molecule has 1 amide bonds. The molecule has 0 aromatic heterocycles. The topological polar surface area (TPSA) is 20.3 Å². The highest BCUT2D eigenvalue weighted by molar-refractivity contribution is 6.08. The van der Waals surface area contributed by atoms with Gasteiger partial charge in [-0.05, 0) is 55.4 Å². The molecule has 2 nitrogen and oxygen atoms in total. The number of benzene rings is 2. The molecule has 0 N–H and O–H groups in total. The van der Waals surface area contributed by atoms with Crippen molar-refractivity contribution < 1.29 is 4.79 Å². The van der Waals surface area contributed by atoms with Crippen LogP contribution in [-0.4, -0.2) is 11.9 Å². The van der Waals surface area contributed by atoms with E-state index >= 15 is 0 Å². The van der Waals surface area contributed by atoms with Crippen molar-refractivity contribution in [2.24, 2.45) is 5.92 Å². The number of unbranched alkanes of at least 4 members (excludes halogenated alkanes) is 1. The lowest BCUT2D eigenvalue weighted by atomic mass is 9.66. The minimum Gasteiger partial charge on any atom is -0.304 e. The Bertz CT molecular complexity index is 752. The maximum absolute atomic E-state index is 13.2. The summed E-state index contributed by atoms with van der Waals surface area (Å²) in [7, 11) is 0. The third kappa shape index (κ3) is 2.37. The van der Waals surface area contributed by atoms with Crippen LogP contribution in [0, 0.1) is 5.92 Å². The summed E-state index contributed by atoms with van der Waals surface area (Å²) in [4.78, 5) is 15.3. The van der Waals surface area contributed by atoms with E-state index in [1.165, 1.54) is 24.8 Å². The number of fused-ring (bicyclic) bond motifs is 3. The van der Waals surface area contributed by atoms with Gasteiger partial charge >= 0.3 is 0 Å². The molecule has 3 unspecified atom stereocenters. The summed E-state index contributed by atoms with van der Waals surface area (Å²) in [6, 6.07) is 18.5. The molecular weight excluding hydrogens is 294 g/mol. The number of para-hydroxylation sites is 1. The Hall–Kier alpha value is -2.35. The Morgan fingerprint density at radius 1 is 1.12 bits per heavy atom. The average molecular weight is 317 g/mol. The van der Waals surface area contributed by atoms with E-state index in [2.05, 4.69) is 29.7 Å². The molecule has 122 valence electrons. The van der Waals surface area contributed by atoms with Gasteiger partial charge in [0.15, 0.2) is 0 Å². The van der Waals surface area contributed by atoms with E-state index in [9.17, 15) is 4.79 Å². The van der Waals surface area contributed by atoms with Crippen molar-refractivity contribution in [1.82, 2.24) is 0 Å². The van der Waals surface area contributed by atoms with Crippen LogP contribution in [0.5, 0.6) is 0 Å². The van der Waals surface area contributed by atoms with Crippen molar-refractivity contribution in [3.63, 3.8) is 0 Å². The van der Waals surface area contributed by atoms with Gasteiger partial charge in [-0.25, -0.2) is 0 Å². The van der Waals surface area contributed by atoms with Crippen molar-refractivity contribution in [3.8, 4) is 0 Å². The molecule has 1 saturated carbocycles. The van der Waals surface area contributed by atoms with Crippen molar-refractivity contribution in [1.29, 1.82) is 0 Å². The van der Waals surface area contributed by atoms with Gasteiger partial charge in [-0.2, -0.15) is 0 Å². The van der Waals surface area contributed by atoms with Gasteiger partial charge in [-0.3, -0.25) is 4.79 Å². The minimum atomic E-state index is 0.143. The van der Waals surface area contributed by atoms with E-state index in [0.29, 0.717) is 17.9 Å². The molecule has 3 atom stereocenters. The predicted octanol–water partition coefficient (Wildman–Crippen LogP) is 5.18. The Morgan fingerprint density at radius 3 is 2.67 bits per heavy atom. The third-order valence-corrected chi connectivity index (χ3v) is 5.57. The fourth-order valence-corrected chi connectivity index (χ4v) is 4.40. The largest absolute Gasteiger partial charge is 0.304 e. The zero-order chi connectivity index (χ0) is 16.5. The lowest BCUT2D eigenvalue weighted by Gasteiger charge is -2.44. The van der Waals surface area contributed by atoms with Crippen LogP contribution in [0.4, 0.5) is 5.69 Å². The molecule has 0 bridgehead atoms. The normalized spacial score (nSPS) is 24.0. The Labute approximate surface area is 143 Å². The first-order chi connectivity index (χ1) is 11.8. The molecule has 1 aliphatic heterocycles. The van der Waals surface area contributed by atoms with E-state index in [1.807, 2.05) is 42.5 Å². The van der Waals surface area contributed by atoms with Crippen LogP contribution in [0.25, 0.3) is 0 Å². The van der Waals surface area contributed by atoms with Crippen LogP contribution in [0.1, 0.15) is 47.5 Å². The summed E-state index contributed by atoms with van der Waals surface area (Å²) in [6.07, 6.45) is 6.61. The summed E-state index contributed by atoms with van der Waals surface area (Å²) in [5.74, 6) is 1.27. The monoisotopic (exact) mass is 317 g/mol. The summed E-state index contributed by atoms with van der Waals surface area (Å²) >= 11 is 0. The van der Waals surface area contributed by atoms with Crippen LogP contribution in [0.2, 0.25) is 0 Å². The Kier molecular flexibility index (Phi) is 3.97. The SMILES string of the molecule is C=CCCCC1CC2c3ccccc3N(C(=O)c3ccccc3)C12. The number of carbonyl (C=O) groups excluding carboxylic acids is 1. The first-order valence-corrected chi connectivity index (χ1v) is 8.89. The van der Waals surface area contributed by atoms with Crippen LogP contribution in [0.15, 0.2) is 67.3 Å². The highest BCUT2D eigenvalue weighted by Gasteiger charge is 2.52. The van der Waals surface area contributed by atoms with Gasteiger partial charge in [-0.1, -0.05) is 42.5 Å². The number of carbonyl (C=O) groups is 1. The van der Waals surface area contributed by atoms with Crippen molar-refractivity contribution in [2.75, 3.05) is 4.90 Å².